The largest absolute Gasteiger partial charge is 0.300 e. The maximum absolute atomic E-state index is 4.29. The van der Waals surface area contributed by atoms with E-state index < -0.39 is 0 Å². The van der Waals surface area contributed by atoms with Gasteiger partial charge in [0.25, 0.3) is 0 Å². The molecule has 2 rings (SSSR count). The number of hydrogen-bond acceptors (Lipinski definition) is 2. The Labute approximate surface area is 86.7 Å². The van der Waals surface area contributed by atoms with Crippen LogP contribution in [0, 0.1) is 5.92 Å². The fourth-order valence-electron chi connectivity index (χ4n) is 1.88. The van der Waals surface area contributed by atoms with E-state index in [0.29, 0.717) is 5.92 Å². The average Bonchev–Trinajstić information content (AvgIpc) is 2.50. The van der Waals surface area contributed by atoms with Gasteiger partial charge in [0.2, 0.25) is 0 Å². The van der Waals surface area contributed by atoms with Gasteiger partial charge in [-0.15, -0.1) is 0 Å². The highest BCUT2D eigenvalue weighted by Crippen LogP contribution is 2.12. The first-order chi connectivity index (χ1) is 6.75. The molecule has 0 saturated carbocycles. The lowest BCUT2D eigenvalue weighted by molar-refractivity contribution is 0.287. The molecule has 1 aromatic rings. The Balaban J connectivity index is 0.000000461. The fourth-order valence-corrected chi connectivity index (χ4v) is 1.88. The molecule has 0 spiro atoms. The number of rotatable bonds is 0. The second-order valence-corrected chi connectivity index (χ2v) is 3.81. The van der Waals surface area contributed by atoms with E-state index in [1.54, 1.807) is 0 Å². The van der Waals surface area contributed by atoms with Crippen molar-refractivity contribution >= 4 is 0 Å². The third-order valence-corrected chi connectivity index (χ3v) is 2.34. The van der Waals surface area contributed by atoms with Gasteiger partial charge in [0.15, 0.2) is 0 Å². The van der Waals surface area contributed by atoms with E-state index in [1.165, 1.54) is 12.2 Å². The van der Waals surface area contributed by atoms with E-state index in [2.05, 4.69) is 34.7 Å². The van der Waals surface area contributed by atoms with Crippen LogP contribution in [0.5, 0.6) is 0 Å². The number of fused-ring (bicyclic) bond motifs is 1. The van der Waals surface area contributed by atoms with E-state index >= 15 is 0 Å². The topological polar surface area (TPSA) is 21.1 Å². The van der Waals surface area contributed by atoms with Crippen molar-refractivity contribution < 1.29 is 0 Å². The van der Waals surface area contributed by atoms with Gasteiger partial charge in [-0.3, -0.25) is 4.68 Å². The van der Waals surface area contributed by atoms with E-state index in [9.17, 15) is 0 Å². The predicted octanol–water partition coefficient (Wildman–Crippen LogP) is 1.99. The quantitative estimate of drug-likeness (QED) is 0.631. The molecule has 1 atom stereocenters. The molecular formula is C11H21N3. The zero-order valence-electron chi connectivity index (χ0n) is 9.70. The van der Waals surface area contributed by atoms with Crippen LogP contribution < -0.4 is 0 Å². The van der Waals surface area contributed by atoms with Crippen LogP contribution in [-0.4, -0.2) is 28.3 Å². The third kappa shape index (κ3) is 2.58. The molecule has 14 heavy (non-hydrogen) atoms. The smallest absolute Gasteiger partial charge is 0.0524 e. The Morgan fingerprint density at radius 1 is 1.36 bits per heavy atom. The summed E-state index contributed by atoms with van der Waals surface area (Å²) in [5.74, 6) is 0.705. The van der Waals surface area contributed by atoms with Crippen molar-refractivity contribution in [3.63, 3.8) is 0 Å². The first-order valence-corrected chi connectivity index (χ1v) is 5.45. The zero-order chi connectivity index (χ0) is 10.6. The molecule has 0 bridgehead atoms. The normalized spacial score (nSPS) is 21.9. The molecule has 0 saturated heterocycles. The van der Waals surface area contributed by atoms with Crippen molar-refractivity contribution in [2.24, 2.45) is 5.92 Å². The summed E-state index contributed by atoms with van der Waals surface area (Å²) >= 11 is 0. The van der Waals surface area contributed by atoms with Crippen LogP contribution in [0.1, 0.15) is 26.5 Å². The van der Waals surface area contributed by atoms with Crippen LogP contribution in [0.25, 0.3) is 0 Å². The molecule has 0 aromatic carbocycles. The van der Waals surface area contributed by atoms with Crippen LogP contribution in [0.3, 0.4) is 0 Å². The molecule has 1 aromatic heterocycles. The number of hydrogen-bond donors (Lipinski definition) is 0. The molecule has 1 unspecified atom stereocenters. The molecule has 0 amide bonds. The molecule has 2 heterocycles. The summed E-state index contributed by atoms with van der Waals surface area (Å²) in [6, 6.07) is 2.11. The molecule has 80 valence electrons. The second-order valence-electron chi connectivity index (χ2n) is 3.81. The predicted molar refractivity (Wildman–Crippen MR) is 59.1 cm³/mol. The lowest BCUT2D eigenvalue weighted by Crippen LogP contribution is -2.21. The van der Waals surface area contributed by atoms with Gasteiger partial charge in [0.05, 0.1) is 5.69 Å². The molecule has 0 N–H and O–H groups in total. The zero-order valence-corrected chi connectivity index (χ0v) is 9.70. The summed E-state index contributed by atoms with van der Waals surface area (Å²) in [4.78, 5) is 2.35. The van der Waals surface area contributed by atoms with Gasteiger partial charge < -0.3 is 4.90 Å². The molecule has 1 aliphatic heterocycles. The Morgan fingerprint density at radius 2 is 2.07 bits per heavy atom. The molecule has 0 fully saturated rings. The minimum absolute atomic E-state index is 0.705. The van der Waals surface area contributed by atoms with Gasteiger partial charge in [-0.05, 0) is 19.0 Å². The van der Waals surface area contributed by atoms with Gasteiger partial charge in [-0.2, -0.15) is 5.10 Å². The summed E-state index contributed by atoms with van der Waals surface area (Å²) in [6.45, 7) is 9.54. The van der Waals surface area contributed by atoms with Crippen molar-refractivity contribution in [2.75, 3.05) is 13.6 Å². The highest BCUT2D eigenvalue weighted by atomic mass is 15.3. The van der Waals surface area contributed by atoms with E-state index in [0.717, 1.165) is 13.1 Å². The van der Waals surface area contributed by atoms with E-state index in [1.807, 2.05) is 20.0 Å². The average molecular weight is 195 g/mol. The molecular weight excluding hydrogens is 174 g/mol. The van der Waals surface area contributed by atoms with Gasteiger partial charge in [-0.25, -0.2) is 0 Å². The maximum atomic E-state index is 4.29. The molecule has 1 aliphatic rings. The Hall–Kier alpha value is -0.830. The van der Waals surface area contributed by atoms with Gasteiger partial charge in [-0.1, -0.05) is 20.8 Å². The van der Waals surface area contributed by atoms with Gasteiger partial charge in [0, 0.05) is 25.8 Å². The first kappa shape index (κ1) is 11.2. The minimum Gasteiger partial charge on any atom is -0.300 e. The molecule has 0 radical (unpaired) electrons. The summed E-state index contributed by atoms with van der Waals surface area (Å²) in [5, 5.41) is 4.29. The SMILES string of the molecule is CC.CC1CN(C)Cc2ccnn2C1. The fraction of sp³-hybridized carbons (Fsp3) is 0.727. The summed E-state index contributed by atoms with van der Waals surface area (Å²) in [6.07, 6.45) is 1.89. The van der Waals surface area contributed by atoms with Crippen molar-refractivity contribution in [3.8, 4) is 0 Å². The van der Waals surface area contributed by atoms with Gasteiger partial charge >= 0.3 is 0 Å². The lowest BCUT2D eigenvalue weighted by Gasteiger charge is -2.14. The van der Waals surface area contributed by atoms with Crippen LogP contribution in [0.4, 0.5) is 0 Å². The molecule has 0 aliphatic carbocycles. The first-order valence-electron chi connectivity index (χ1n) is 5.45. The Kier molecular flexibility index (Phi) is 4.14. The van der Waals surface area contributed by atoms with Crippen molar-refractivity contribution in [2.45, 2.75) is 33.9 Å². The Morgan fingerprint density at radius 3 is 2.79 bits per heavy atom. The third-order valence-electron chi connectivity index (χ3n) is 2.34. The van der Waals surface area contributed by atoms with Gasteiger partial charge in [0.1, 0.15) is 0 Å². The van der Waals surface area contributed by atoms with Crippen molar-refractivity contribution in [3.05, 3.63) is 18.0 Å². The molecule has 3 nitrogen and oxygen atoms in total. The van der Waals surface area contributed by atoms with Crippen LogP contribution in [-0.2, 0) is 13.1 Å². The monoisotopic (exact) mass is 195 g/mol. The van der Waals surface area contributed by atoms with Crippen LogP contribution >= 0.6 is 0 Å². The van der Waals surface area contributed by atoms with Crippen LogP contribution in [0.15, 0.2) is 12.3 Å². The Bertz CT molecular complexity index is 243. The van der Waals surface area contributed by atoms with Crippen LogP contribution in [0.2, 0.25) is 0 Å². The summed E-state index contributed by atoms with van der Waals surface area (Å²) < 4.78 is 2.12. The van der Waals surface area contributed by atoms with E-state index in [4.69, 9.17) is 0 Å². The second kappa shape index (κ2) is 5.15. The van der Waals surface area contributed by atoms with E-state index in [-0.39, 0.29) is 0 Å². The minimum atomic E-state index is 0.705. The van der Waals surface area contributed by atoms with Crippen molar-refractivity contribution in [1.82, 2.24) is 14.7 Å². The summed E-state index contributed by atoms with van der Waals surface area (Å²) in [5.41, 5.74) is 1.34. The summed E-state index contributed by atoms with van der Waals surface area (Å²) in [7, 11) is 2.17. The highest BCUT2D eigenvalue weighted by molar-refractivity contribution is 5.01. The maximum Gasteiger partial charge on any atom is 0.0524 e. The molecule has 3 heteroatoms. The standard InChI is InChI=1S/C9H15N3.C2H6/c1-8-5-11(2)7-9-3-4-10-12(9)6-8;1-2/h3-4,8H,5-7H2,1-2H3;1-2H3. The number of nitrogens with zero attached hydrogens (tertiary/aromatic N) is 3. The lowest BCUT2D eigenvalue weighted by atomic mass is 10.2. The number of aromatic nitrogens is 2. The van der Waals surface area contributed by atoms with Crippen molar-refractivity contribution in [1.29, 1.82) is 0 Å². The highest BCUT2D eigenvalue weighted by Gasteiger charge is 2.15.